The Morgan fingerprint density at radius 3 is 2.70 bits per heavy atom. The topological polar surface area (TPSA) is 88.4 Å². The molecule has 2 N–H and O–H groups in total. The fraction of sp³-hybridized carbons (Fsp3) is 0.474. The molecule has 148 valence electrons. The zero-order chi connectivity index (χ0) is 19.9. The molecular formula is C19H29N5O2S. The number of aryl methyl sites for hydroxylation is 1. The Morgan fingerprint density at radius 1 is 1.33 bits per heavy atom. The molecule has 7 nitrogen and oxygen atoms in total. The Labute approximate surface area is 161 Å². The highest BCUT2D eigenvalue weighted by Gasteiger charge is 2.09. The van der Waals surface area contributed by atoms with Crippen molar-refractivity contribution in [2.24, 2.45) is 4.99 Å². The molecule has 1 aromatic heterocycles. The van der Waals surface area contributed by atoms with Gasteiger partial charge in [-0.1, -0.05) is 24.3 Å². The van der Waals surface area contributed by atoms with Crippen molar-refractivity contribution in [2.45, 2.75) is 39.4 Å². The molecule has 1 atom stereocenters. The minimum atomic E-state index is -2.95. The number of rotatable bonds is 8. The van der Waals surface area contributed by atoms with Crippen LogP contribution in [0.5, 0.6) is 0 Å². The Balaban J connectivity index is 1.89. The number of sulfone groups is 1. The first kappa shape index (κ1) is 21.0. The molecule has 2 aromatic rings. The van der Waals surface area contributed by atoms with Gasteiger partial charge >= 0.3 is 0 Å². The second kappa shape index (κ2) is 9.55. The third-order valence-electron chi connectivity index (χ3n) is 4.26. The molecule has 8 heteroatoms. The molecule has 0 aliphatic heterocycles. The maximum Gasteiger partial charge on any atom is 0.191 e. The quantitative estimate of drug-likeness (QED) is 0.528. The van der Waals surface area contributed by atoms with Crippen LogP contribution in [-0.4, -0.2) is 49.0 Å². The maximum atomic E-state index is 11.3. The molecule has 1 aromatic carbocycles. The lowest BCUT2D eigenvalue weighted by Crippen LogP contribution is -2.42. The average molecular weight is 392 g/mol. The molecule has 2 rings (SSSR count). The van der Waals surface area contributed by atoms with E-state index in [0.717, 1.165) is 17.9 Å². The highest BCUT2D eigenvalue weighted by atomic mass is 32.2. The zero-order valence-corrected chi connectivity index (χ0v) is 17.3. The van der Waals surface area contributed by atoms with Gasteiger partial charge in [-0.15, -0.1) is 0 Å². The summed E-state index contributed by atoms with van der Waals surface area (Å²) in [5.74, 6) is 1.81. The van der Waals surface area contributed by atoms with Gasteiger partial charge in [-0.05, 0) is 31.4 Å². The van der Waals surface area contributed by atoms with Crippen molar-refractivity contribution in [3.05, 3.63) is 53.6 Å². The summed E-state index contributed by atoms with van der Waals surface area (Å²) in [6.45, 7) is 5.36. The number of aromatic nitrogens is 2. The molecule has 1 heterocycles. The Morgan fingerprint density at radius 2 is 2.07 bits per heavy atom. The molecule has 0 aliphatic rings. The first-order valence-electron chi connectivity index (χ1n) is 8.97. The van der Waals surface area contributed by atoms with Crippen molar-refractivity contribution in [2.75, 3.05) is 19.1 Å². The largest absolute Gasteiger partial charge is 0.354 e. The van der Waals surface area contributed by atoms with E-state index in [4.69, 9.17) is 0 Å². The van der Waals surface area contributed by atoms with E-state index in [1.54, 1.807) is 13.2 Å². The van der Waals surface area contributed by atoms with Crippen molar-refractivity contribution >= 4 is 15.8 Å². The monoisotopic (exact) mass is 391 g/mol. The molecule has 0 amide bonds. The van der Waals surface area contributed by atoms with Gasteiger partial charge in [-0.3, -0.25) is 4.99 Å². The summed E-state index contributed by atoms with van der Waals surface area (Å²) >= 11 is 0. The van der Waals surface area contributed by atoms with Gasteiger partial charge in [-0.2, -0.15) is 0 Å². The van der Waals surface area contributed by atoms with E-state index in [1.165, 1.54) is 11.8 Å². The van der Waals surface area contributed by atoms with E-state index < -0.39 is 9.84 Å². The number of hydrogen-bond acceptors (Lipinski definition) is 4. The molecule has 27 heavy (non-hydrogen) atoms. The fourth-order valence-corrected chi connectivity index (χ4v) is 3.46. The number of imidazole rings is 1. The minimum absolute atomic E-state index is 0.0153. The normalized spacial score (nSPS) is 13.4. The summed E-state index contributed by atoms with van der Waals surface area (Å²) in [6, 6.07) is 8.39. The molecule has 0 bridgehead atoms. The van der Waals surface area contributed by atoms with Crippen molar-refractivity contribution < 1.29 is 8.42 Å². The SMILES string of the molecule is CN=C(NCc1cccc(Cn2ccnc2C)c1)NC(C)CCS(C)(=O)=O. The zero-order valence-electron chi connectivity index (χ0n) is 16.4. The fourth-order valence-electron chi connectivity index (χ4n) is 2.68. The number of benzene rings is 1. The summed E-state index contributed by atoms with van der Waals surface area (Å²) in [5, 5.41) is 6.51. The summed E-state index contributed by atoms with van der Waals surface area (Å²) in [4.78, 5) is 8.47. The third-order valence-corrected chi connectivity index (χ3v) is 5.23. The van der Waals surface area contributed by atoms with Crippen molar-refractivity contribution in [3.8, 4) is 0 Å². The van der Waals surface area contributed by atoms with E-state index in [0.29, 0.717) is 18.9 Å². The smallest absolute Gasteiger partial charge is 0.191 e. The van der Waals surface area contributed by atoms with E-state index in [2.05, 4.69) is 43.4 Å². The van der Waals surface area contributed by atoms with Gasteiger partial charge in [-0.25, -0.2) is 13.4 Å². The predicted molar refractivity (Wildman–Crippen MR) is 110 cm³/mol. The van der Waals surface area contributed by atoms with Crippen molar-refractivity contribution in [1.82, 2.24) is 20.2 Å². The molecular weight excluding hydrogens is 362 g/mol. The van der Waals surface area contributed by atoms with E-state index in [-0.39, 0.29) is 11.8 Å². The van der Waals surface area contributed by atoms with Crippen LogP contribution in [0.3, 0.4) is 0 Å². The van der Waals surface area contributed by atoms with Crippen LogP contribution in [0.15, 0.2) is 41.7 Å². The van der Waals surface area contributed by atoms with E-state index in [9.17, 15) is 8.42 Å². The molecule has 0 fully saturated rings. The van der Waals surface area contributed by atoms with Gasteiger partial charge in [0.15, 0.2) is 5.96 Å². The Kier molecular flexibility index (Phi) is 7.41. The van der Waals surface area contributed by atoms with Crippen LogP contribution in [0.25, 0.3) is 0 Å². The maximum absolute atomic E-state index is 11.3. The second-order valence-electron chi connectivity index (χ2n) is 6.81. The lowest BCUT2D eigenvalue weighted by Gasteiger charge is -2.18. The van der Waals surface area contributed by atoms with Crippen molar-refractivity contribution in [1.29, 1.82) is 0 Å². The number of guanidine groups is 1. The van der Waals surface area contributed by atoms with Crippen LogP contribution in [0.2, 0.25) is 0 Å². The van der Waals surface area contributed by atoms with Gasteiger partial charge < -0.3 is 15.2 Å². The van der Waals surface area contributed by atoms with E-state index in [1.807, 2.05) is 26.1 Å². The van der Waals surface area contributed by atoms with Gasteiger partial charge in [0.1, 0.15) is 15.7 Å². The summed E-state index contributed by atoms with van der Waals surface area (Å²) in [7, 11) is -1.25. The molecule has 0 spiro atoms. The van der Waals surface area contributed by atoms with Crippen LogP contribution in [0.4, 0.5) is 0 Å². The van der Waals surface area contributed by atoms with Crippen LogP contribution in [0, 0.1) is 6.92 Å². The van der Waals surface area contributed by atoms with E-state index >= 15 is 0 Å². The molecule has 0 aliphatic carbocycles. The molecule has 1 unspecified atom stereocenters. The highest BCUT2D eigenvalue weighted by Crippen LogP contribution is 2.09. The van der Waals surface area contributed by atoms with Gasteiger partial charge in [0.2, 0.25) is 0 Å². The number of nitrogens with zero attached hydrogens (tertiary/aromatic N) is 3. The van der Waals surface area contributed by atoms with Crippen LogP contribution < -0.4 is 10.6 Å². The molecule has 0 radical (unpaired) electrons. The highest BCUT2D eigenvalue weighted by molar-refractivity contribution is 7.90. The Hall–Kier alpha value is -2.35. The average Bonchev–Trinajstić information content (AvgIpc) is 3.01. The van der Waals surface area contributed by atoms with Gasteiger partial charge in [0, 0.05) is 44.8 Å². The lowest BCUT2D eigenvalue weighted by molar-refractivity contribution is 0.581. The number of aliphatic imine (C=N–C) groups is 1. The van der Waals surface area contributed by atoms with Crippen LogP contribution in [-0.2, 0) is 22.9 Å². The Bertz CT molecular complexity index is 874. The van der Waals surface area contributed by atoms with Crippen molar-refractivity contribution in [3.63, 3.8) is 0 Å². The second-order valence-corrected chi connectivity index (χ2v) is 9.07. The van der Waals surface area contributed by atoms with Gasteiger partial charge in [0.05, 0.1) is 5.75 Å². The summed E-state index contributed by atoms with van der Waals surface area (Å²) in [6.07, 6.45) is 5.58. The lowest BCUT2D eigenvalue weighted by atomic mass is 10.1. The molecule has 0 saturated heterocycles. The standard InChI is InChI=1S/C19H29N5O2S/c1-15(8-11-27(4,25)26)23-19(20-3)22-13-17-6-5-7-18(12-17)14-24-10-9-21-16(24)2/h5-7,9-10,12,15H,8,11,13-14H2,1-4H3,(H2,20,22,23). The van der Waals surface area contributed by atoms with Gasteiger partial charge in [0.25, 0.3) is 0 Å². The number of nitrogens with one attached hydrogen (secondary N) is 2. The summed E-state index contributed by atoms with van der Waals surface area (Å²) < 4.78 is 24.7. The molecule has 0 saturated carbocycles. The number of hydrogen-bond donors (Lipinski definition) is 2. The summed E-state index contributed by atoms with van der Waals surface area (Å²) in [5.41, 5.74) is 2.36. The van der Waals surface area contributed by atoms with Crippen LogP contribution in [0.1, 0.15) is 30.3 Å². The minimum Gasteiger partial charge on any atom is -0.354 e. The van der Waals surface area contributed by atoms with Crippen LogP contribution >= 0.6 is 0 Å². The first-order chi connectivity index (χ1) is 12.8. The first-order valence-corrected chi connectivity index (χ1v) is 11.0. The third kappa shape index (κ3) is 7.42. The predicted octanol–water partition coefficient (Wildman–Crippen LogP) is 1.73.